The molecule has 0 atom stereocenters. The quantitative estimate of drug-likeness (QED) is 0.185. The molecule has 0 spiro atoms. The molecular weight excluding hydrogens is 472 g/mol. The van der Waals surface area contributed by atoms with E-state index in [1.54, 1.807) is 28.8 Å². The maximum Gasteiger partial charge on any atom is 0.296 e. The zero-order valence-electron chi connectivity index (χ0n) is 19.6. The highest BCUT2D eigenvalue weighted by molar-refractivity contribution is 5.85. The Balaban J connectivity index is 1.93. The molecule has 182 valence electrons. The molecule has 0 aliphatic heterocycles. The van der Waals surface area contributed by atoms with Crippen LogP contribution in [0, 0.1) is 20.2 Å². The Bertz CT molecular complexity index is 1610. The van der Waals surface area contributed by atoms with Crippen molar-refractivity contribution in [3.05, 3.63) is 123 Å². The third-order valence-electron chi connectivity index (χ3n) is 5.91. The second-order valence-electron chi connectivity index (χ2n) is 8.12. The highest BCUT2D eigenvalue weighted by atomic mass is 16.6. The number of benzene rings is 4. The summed E-state index contributed by atoms with van der Waals surface area (Å²) in [6.07, 6.45) is 0. The standard InChI is InChI=1S/C28H20N4O5/c1-37-23-15-16-24(25(18-23)32(35)36)30-27(20-11-6-3-7-12-20)26(19-9-4-2-5-10-19)29-28(30)21-13-8-14-22(17-21)31(33)34/h2-18H,1H3. The Morgan fingerprint density at radius 3 is 2.00 bits per heavy atom. The lowest BCUT2D eigenvalue weighted by Crippen LogP contribution is -2.05. The Hall–Kier alpha value is -5.31. The van der Waals surface area contributed by atoms with E-state index < -0.39 is 9.85 Å². The van der Waals surface area contributed by atoms with Crippen molar-refractivity contribution in [2.75, 3.05) is 7.11 Å². The average molecular weight is 492 g/mol. The molecule has 0 aliphatic rings. The summed E-state index contributed by atoms with van der Waals surface area (Å²) in [5.41, 5.74) is 3.15. The van der Waals surface area contributed by atoms with Crippen LogP contribution in [0.3, 0.4) is 0 Å². The van der Waals surface area contributed by atoms with Crippen molar-refractivity contribution in [1.82, 2.24) is 9.55 Å². The number of aromatic nitrogens is 2. The SMILES string of the molecule is COc1ccc(-n2c(-c3cccc([N+](=O)[O-])c3)nc(-c3ccccc3)c2-c2ccccc2)c([N+](=O)[O-])c1. The molecule has 0 amide bonds. The molecule has 37 heavy (non-hydrogen) atoms. The Morgan fingerprint density at radius 1 is 0.730 bits per heavy atom. The van der Waals surface area contributed by atoms with E-state index in [0.29, 0.717) is 28.5 Å². The molecule has 0 bridgehead atoms. The van der Waals surface area contributed by atoms with Gasteiger partial charge >= 0.3 is 0 Å². The van der Waals surface area contributed by atoms with Gasteiger partial charge in [0.25, 0.3) is 11.4 Å². The molecular formula is C28H20N4O5. The molecule has 9 heteroatoms. The fourth-order valence-electron chi connectivity index (χ4n) is 4.23. The van der Waals surface area contributed by atoms with Crippen LogP contribution < -0.4 is 4.74 Å². The van der Waals surface area contributed by atoms with E-state index in [1.807, 2.05) is 60.7 Å². The topological polar surface area (TPSA) is 113 Å². The second kappa shape index (κ2) is 9.74. The number of ether oxygens (including phenoxy) is 1. The molecule has 0 unspecified atom stereocenters. The monoisotopic (exact) mass is 492 g/mol. The van der Waals surface area contributed by atoms with Gasteiger partial charge in [-0.3, -0.25) is 24.8 Å². The first-order chi connectivity index (χ1) is 18.0. The predicted molar refractivity (Wildman–Crippen MR) is 140 cm³/mol. The number of nitro groups is 2. The van der Waals surface area contributed by atoms with Crippen molar-refractivity contribution in [1.29, 1.82) is 0 Å². The molecule has 0 fully saturated rings. The van der Waals surface area contributed by atoms with Gasteiger partial charge in [-0.25, -0.2) is 4.98 Å². The summed E-state index contributed by atoms with van der Waals surface area (Å²) >= 11 is 0. The minimum Gasteiger partial charge on any atom is -0.496 e. The average Bonchev–Trinajstić information content (AvgIpc) is 3.34. The lowest BCUT2D eigenvalue weighted by atomic mass is 10.0. The number of nitrogens with zero attached hydrogens (tertiary/aromatic N) is 4. The number of methoxy groups -OCH3 is 1. The van der Waals surface area contributed by atoms with Crippen LogP contribution >= 0.6 is 0 Å². The van der Waals surface area contributed by atoms with Crippen LogP contribution in [0.2, 0.25) is 0 Å². The van der Waals surface area contributed by atoms with Crippen LogP contribution in [0.5, 0.6) is 5.75 Å². The van der Waals surface area contributed by atoms with Gasteiger partial charge in [0.15, 0.2) is 0 Å². The van der Waals surface area contributed by atoms with Crippen LogP contribution in [0.15, 0.2) is 103 Å². The van der Waals surface area contributed by atoms with Gasteiger partial charge in [0.1, 0.15) is 17.3 Å². The van der Waals surface area contributed by atoms with Gasteiger partial charge in [-0.1, -0.05) is 72.8 Å². The first-order valence-corrected chi connectivity index (χ1v) is 11.3. The lowest BCUT2D eigenvalue weighted by Gasteiger charge is -2.14. The normalized spacial score (nSPS) is 10.7. The van der Waals surface area contributed by atoms with Crippen LogP contribution in [0.25, 0.3) is 39.6 Å². The summed E-state index contributed by atoms with van der Waals surface area (Å²) < 4.78 is 6.93. The molecule has 0 saturated heterocycles. The molecule has 9 nitrogen and oxygen atoms in total. The molecule has 1 aromatic heterocycles. The third kappa shape index (κ3) is 4.41. The van der Waals surface area contributed by atoms with Crippen molar-refractivity contribution in [3.8, 4) is 45.3 Å². The maximum atomic E-state index is 12.2. The Kier molecular flexibility index (Phi) is 6.17. The van der Waals surface area contributed by atoms with Gasteiger partial charge in [-0.15, -0.1) is 0 Å². The van der Waals surface area contributed by atoms with Crippen LogP contribution in [-0.4, -0.2) is 26.5 Å². The highest BCUT2D eigenvalue weighted by Crippen LogP contribution is 2.41. The number of hydrogen-bond donors (Lipinski definition) is 0. The minimum absolute atomic E-state index is 0.112. The summed E-state index contributed by atoms with van der Waals surface area (Å²) in [4.78, 5) is 27.7. The summed E-state index contributed by atoms with van der Waals surface area (Å²) in [7, 11) is 1.44. The number of nitro benzene ring substituents is 2. The number of imidazole rings is 1. The first-order valence-electron chi connectivity index (χ1n) is 11.3. The maximum absolute atomic E-state index is 12.2. The van der Waals surface area contributed by atoms with E-state index in [4.69, 9.17) is 9.72 Å². The van der Waals surface area contributed by atoms with Gasteiger partial charge in [-0.2, -0.15) is 0 Å². The van der Waals surface area contributed by atoms with E-state index in [-0.39, 0.29) is 17.1 Å². The van der Waals surface area contributed by atoms with Gasteiger partial charge in [0, 0.05) is 28.8 Å². The first kappa shape index (κ1) is 23.4. The summed E-state index contributed by atoms with van der Waals surface area (Å²) in [5.74, 6) is 0.659. The van der Waals surface area contributed by atoms with E-state index in [0.717, 1.165) is 11.1 Å². The smallest absolute Gasteiger partial charge is 0.296 e. The molecule has 0 saturated carbocycles. The van der Waals surface area contributed by atoms with Gasteiger partial charge < -0.3 is 4.74 Å². The number of hydrogen-bond acceptors (Lipinski definition) is 6. The van der Waals surface area contributed by atoms with Crippen molar-refractivity contribution in [3.63, 3.8) is 0 Å². The van der Waals surface area contributed by atoms with Crippen molar-refractivity contribution in [2.45, 2.75) is 0 Å². The van der Waals surface area contributed by atoms with Crippen LogP contribution in [-0.2, 0) is 0 Å². The summed E-state index contributed by atoms with van der Waals surface area (Å²) in [6, 6.07) is 29.5. The summed E-state index contributed by atoms with van der Waals surface area (Å²) in [5, 5.41) is 23.7. The molecule has 0 aliphatic carbocycles. The van der Waals surface area contributed by atoms with Crippen LogP contribution in [0.1, 0.15) is 0 Å². The van der Waals surface area contributed by atoms with Crippen molar-refractivity contribution < 1.29 is 14.6 Å². The fraction of sp³-hybridized carbons (Fsp3) is 0.0357. The largest absolute Gasteiger partial charge is 0.496 e. The van der Waals surface area contributed by atoms with E-state index in [2.05, 4.69) is 0 Å². The van der Waals surface area contributed by atoms with Gasteiger partial charge in [0.2, 0.25) is 0 Å². The molecule has 0 N–H and O–H groups in total. The van der Waals surface area contributed by atoms with Crippen LogP contribution in [0.4, 0.5) is 11.4 Å². The Morgan fingerprint density at radius 2 is 1.38 bits per heavy atom. The Labute approximate surface area is 211 Å². The van der Waals surface area contributed by atoms with Crippen molar-refractivity contribution >= 4 is 11.4 Å². The fourth-order valence-corrected chi connectivity index (χ4v) is 4.23. The lowest BCUT2D eigenvalue weighted by molar-refractivity contribution is -0.384. The highest BCUT2D eigenvalue weighted by Gasteiger charge is 2.27. The third-order valence-corrected chi connectivity index (χ3v) is 5.91. The molecule has 5 rings (SSSR count). The number of non-ortho nitro benzene ring substituents is 1. The minimum atomic E-state index is -0.483. The molecule has 1 heterocycles. The summed E-state index contributed by atoms with van der Waals surface area (Å²) in [6.45, 7) is 0. The molecule has 5 aromatic rings. The van der Waals surface area contributed by atoms with Gasteiger partial charge in [0.05, 0.1) is 34.4 Å². The van der Waals surface area contributed by atoms with Crippen molar-refractivity contribution in [2.24, 2.45) is 0 Å². The predicted octanol–water partition coefficient (Wildman–Crippen LogP) is 6.70. The molecule has 0 radical (unpaired) electrons. The van der Waals surface area contributed by atoms with E-state index >= 15 is 0 Å². The molecule has 4 aromatic carbocycles. The zero-order chi connectivity index (χ0) is 25.9. The van der Waals surface area contributed by atoms with Gasteiger partial charge in [-0.05, 0) is 12.1 Å². The zero-order valence-corrected chi connectivity index (χ0v) is 19.6. The second-order valence-corrected chi connectivity index (χ2v) is 8.12. The van der Waals surface area contributed by atoms with E-state index in [1.165, 1.54) is 25.3 Å². The van der Waals surface area contributed by atoms with E-state index in [9.17, 15) is 20.2 Å². The number of rotatable bonds is 7.